The van der Waals surface area contributed by atoms with Gasteiger partial charge in [0.25, 0.3) is 0 Å². The van der Waals surface area contributed by atoms with E-state index in [1.165, 1.54) is 12.1 Å². The van der Waals surface area contributed by atoms with Gasteiger partial charge in [0.2, 0.25) is 0 Å². The summed E-state index contributed by atoms with van der Waals surface area (Å²) in [4.78, 5) is 22.8. The van der Waals surface area contributed by atoms with Gasteiger partial charge in [0.05, 0.1) is 0 Å². The highest BCUT2D eigenvalue weighted by molar-refractivity contribution is 6.03. The lowest BCUT2D eigenvalue weighted by Gasteiger charge is -2.35. The van der Waals surface area contributed by atoms with Crippen LogP contribution in [0.4, 0.5) is 18.9 Å². The molecule has 0 spiro atoms. The van der Waals surface area contributed by atoms with Crippen molar-refractivity contribution in [3.05, 3.63) is 29.8 Å². The summed E-state index contributed by atoms with van der Waals surface area (Å²) >= 11 is 0. The van der Waals surface area contributed by atoms with Crippen LogP contribution >= 0.6 is 0 Å². The highest BCUT2D eigenvalue weighted by Gasteiger charge is 2.48. The van der Waals surface area contributed by atoms with Gasteiger partial charge >= 0.3 is 18.1 Å². The van der Waals surface area contributed by atoms with E-state index in [2.05, 4.69) is 0 Å². The molecule has 2 rings (SSSR count). The van der Waals surface area contributed by atoms with E-state index in [9.17, 15) is 22.8 Å². The van der Waals surface area contributed by atoms with Crippen molar-refractivity contribution in [3.8, 4) is 0 Å². The summed E-state index contributed by atoms with van der Waals surface area (Å²) < 4.78 is 37.7. The van der Waals surface area contributed by atoms with Crippen molar-refractivity contribution in [1.29, 1.82) is 0 Å². The van der Waals surface area contributed by atoms with Crippen LogP contribution in [0.5, 0.6) is 0 Å². The Kier molecular flexibility index (Phi) is 3.21. The molecule has 1 aliphatic heterocycles. The Labute approximate surface area is 106 Å². The summed E-state index contributed by atoms with van der Waals surface area (Å²) in [7, 11) is 0. The van der Waals surface area contributed by atoms with E-state index in [4.69, 9.17) is 5.11 Å². The molecular formula is C12H10F3NO3. The Hall–Kier alpha value is -2.05. The van der Waals surface area contributed by atoms with E-state index in [0.717, 1.165) is 0 Å². The number of nitrogens with zero attached hydrogens (tertiary/aromatic N) is 1. The van der Waals surface area contributed by atoms with E-state index in [1.807, 2.05) is 0 Å². The number of alkyl halides is 3. The minimum absolute atomic E-state index is 0.0171. The number of aryl methyl sites for hydroxylation is 1. The first kappa shape index (κ1) is 13.4. The molecule has 1 atom stereocenters. The Morgan fingerprint density at radius 3 is 2.47 bits per heavy atom. The number of anilines is 1. The first-order valence-electron chi connectivity index (χ1n) is 5.53. The van der Waals surface area contributed by atoms with Gasteiger partial charge in [0, 0.05) is 5.69 Å². The first-order valence-corrected chi connectivity index (χ1v) is 5.53. The number of carbonyl (C=O) groups is 2. The minimum Gasteiger partial charge on any atom is -0.480 e. The lowest BCUT2D eigenvalue weighted by atomic mass is 9.95. The molecule has 0 aliphatic carbocycles. The molecule has 7 heteroatoms. The van der Waals surface area contributed by atoms with E-state index in [-0.39, 0.29) is 12.1 Å². The minimum atomic E-state index is -5.10. The van der Waals surface area contributed by atoms with E-state index in [1.54, 1.807) is 12.1 Å². The summed E-state index contributed by atoms with van der Waals surface area (Å²) in [6, 6.07) is 4.54. The number of carboxylic acids is 1. The number of halogens is 3. The normalized spacial score (nSPS) is 18.9. The van der Waals surface area contributed by atoms with Gasteiger partial charge in [0.15, 0.2) is 0 Å². The fraction of sp³-hybridized carbons (Fsp3) is 0.333. The van der Waals surface area contributed by atoms with Crippen LogP contribution in [0.15, 0.2) is 24.3 Å². The third kappa shape index (κ3) is 2.40. The predicted octanol–water partition coefficient (Wildman–Crippen LogP) is 1.98. The van der Waals surface area contributed by atoms with Crippen molar-refractivity contribution in [2.24, 2.45) is 0 Å². The zero-order chi connectivity index (χ0) is 14.2. The van der Waals surface area contributed by atoms with Gasteiger partial charge < -0.3 is 5.11 Å². The van der Waals surface area contributed by atoms with Crippen LogP contribution in [-0.4, -0.2) is 29.2 Å². The van der Waals surface area contributed by atoms with Gasteiger partial charge in [-0.3, -0.25) is 9.69 Å². The summed E-state index contributed by atoms with van der Waals surface area (Å²) in [5.41, 5.74) is 0.557. The molecule has 1 unspecified atom stereocenters. The zero-order valence-electron chi connectivity index (χ0n) is 9.65. The molecule has 1 aromatic carbocycles. The fourth-order valence-electron chi connectivity index (χ4n) is 2.17. The topological polar surface area (TPSA) is 57.6 Å². The predicted molar refractivity (Wildman–Crippen MR) is 59.7 cm³/mol. The molecular weight excluding hydrogens is 263 g/mol. The molecule has 1 heterocycles. The summed E-state index contributed by atoms with van der Waals surface area (Å²) in [6.45, 7) is 0. The Morgan fingerprint density at radius 2 is 1.89 bits per heavy atom. The molecule has 0 aromatic heterocycles. The van der Waals surface area contributed by atoms with E-state index < -0.39 is 24.1 Å². The lowest BCUT2D eigenvalue weighted by molar-refractivity contribution is -0.172. The number of hydrogen-bond donors (Lipinski definition) is 1. The number of carboxylic acid groups (broad SMARTS) is 1. The number of hydrogen-bond acceptors (Lipinski definition) is 2. The molecule has 1 aliphatic rings. The maximum absolute atomic E-state index is 12.6. The lowest BCUT2D eigenvalue weighted by Crippen LogP contribution is -2.52. The van der Waals surface area contributed by atoms with Crippen LogP contribution in [0.2, 0.25) is 0 Å². The number of fused-ring (bicyclic) bond motifs is 1. The number of rotatable bonds is 1. The van der Waals surface area contributed by atoms with Gasteiger partial charge in [0.1, 0.15) is 6.04 Å². The summed E-state index contributed by atoms with van der Waals surface area (Å²) in [5.74, 6) is -3.58. The van der Waals surface area contributed by atoms with Gasteiger partial charge in [-0.05, 0) is 24.5 Å². The van der Waals surface area contributed by atoms with Crippen LogP contribution < -0.4 is 4.90 Å². The standard InChI is InChI=1S/C12H10F3NO3/c13-12(14,15)11(19)16-8-4-2-1-3-7(8)5-6-9(16)10(17)18/h1-4,9H,5-6H2,(H,17,18). The number of carbonyl (C=O) groups excluding carboxylic acids is 1. The van der Waals surface area contributed by atoms with Crippen molar-refractivity contribution in [1.82, 2.24) is 0 Å². The zero-order valence-corrected chi connectivity index (χ0v) is 9.65. The molecule has 19 heavy (non-hydrogen) atoms. The van der Waals surface area contributed by atoms with Crippen LogP contribution in [0, 0.1) is 0 Å². The molecule has 1 N–H and O–H groups in total. The molecule has 0 fully saturated rings. The third-order valence-electron chi connectivity index (χ3n) is 3.00. The second-order valence-corrected chi connectivity index (χ2v) is 4.19. The van der Waals surface area contributed by atoms with Crippen LogP contribution in [0.25, 0.3) is 0 Å². The molecule has 1 aromatic rings. The largest absolute Gasteiger partial charge is 0.480 e. The van der Waals surface area contributed by atoms with Crippen molar-refractivity contribution in [2.75, 3.05) is 4.90 Å². The highest BCUT2D eigenvalue weighted by atomic mass is 19.4. The maximum Gasteiger partial charge on any atom is 0.471 e. The summed E-state index contributed by atoms with van der Waals surface area (Å²) in [5, 5.41) is 8.99. The van der Waals surface area contributed by atoms with Crippen LogP contribution in [0.1, 0.15) is 12.0 Å². The molecule has 102 valence electrons. The highest BCUT2D eigenvalue weighted by Crippen LogP contribution is 2.34. The average Bonchev–Trinajstić information content (AvgIpc) is 2.35. The number of para-hydroxylation sites is 1. The molecule has 1 amide bonds. The van der Waals surface area contributed by atoms with Gasteiger partial charge in [-0.1, -0.05) is 18.2 Å². The Balaban J connectivity index is 2.50. The third-order valence-corrected chi connectivity index (χ3v) is 3.00. The number of aliphatic carboxylic acids is 1. The number of benzene rings is 1. The fourth-order valence-corrected chi connectivity index (χ4v) is 2.17. The average molecular weight is 273 g/mol. The van der Waals surface area contributed by atoms with Crippen molar-refractivity contribution < 1.29 is 27.9 Å². The van der Waals surface area contributed by atoms with Gasteiger partial charge in [-0.15, -0.1) is 0 Å². The van der Waals surface area contributed by atoms with Crippen molar-refractivity contribution in [2.45, 2.75) is 25.1 Å². The van der Waals surface area contributed by atoms with Crippen LogP contribution in [0.3, 0.4) is 0 Å². The van der Waals surface area contributed by atoms with E-state index in [0.29, 0.717) is 16.9 Å². The second kappa shape index (κ2) is 4.56. The van der Waals surface area contributed by atoms with Gasteiger partial charge in [-0.25, -0.2) is 4.79 Å². The quantitative estimate of drug-likeness (QED) is 0.851. The second-order valence-electron chi connectivity index (χ2n) is 4.19. The molecule has 0 saturated heterocycles. The smallest absolute Gasteiger partial charge is 0.471 e. The van der Waals surface area contributed by atoms with Crippen molar-refractivity contribution in [3.63, 3.8) is 0 Å². The molecule has 0 saturated carbocycles. The summed E-state index contributed by atoms with van der Waals surface area (Å²) in [6.07, 6.45) is -4.80. The van der Waals surface area contributed by atoms with E-state index >= 15 is 0 Å². The Bertz CT molecular complexity index is 527. The molecule has 0 bridgehead atoms. The molecule has 0 radical (unpaired) electrons. The van der Waals surface area contributed by atoms with Crippen LogP contribution in [-0.2, 0) is 16.0 Å². The SMILES string of the molecule is O=C(O)C1CCc2ccccc2N1C(=O)C(F)(F)F. The number of amides is 1. The maximum atomic E-state index is 12.6. The van der Waals surface area contributed by atoms with Gasteiger partial charge in [-0.2, -0.15) is 13.2 Å². The molecule has 4 nitrogen and oxygen atoms in total. The monoisotopic (exact) mass is 273 g/mol. The first-order chi connectivity index (χ1) is 8.82. The Morgan fingerprint density at radius 1 is 1.26 bits per heavy atom. The van der Waals surface area contributed by atoms with Crippen molar-refractivity contribution >= 4 is 17.6 Å².